The number of hydrogen-bond acceptors (Lipinski definition) is 3. The molecule has 2 aliphatic rings. The van der Waals surface area contributed by atoms with Crippen LogP contribution in [0.4, 0.5) is 0 Å². The molecule has 2 unspecified atom stereocenters. The maximum absolute atomic E-state index is 12.4. The van der Waals surface area contributed by atoms with Crippen LogP contribution in [-0.4, -0.2) is 53.4 Å². The molecule has 19 heavy (non-hydrogen) atoms. The monoisotopic (exact) mass is 264 g/mol. The van der Waals surface area contributed by atoms with Gasteiger partial charge in [0.15, 0.2) is 0 Å². The van der Waals surface area contributed by atoms with Crippen LogP contribution in [0.3, 0.4) is 0 Å². The molecule has 1 amide bonds. The lowest BCUT2D eigenvalue weighted by Crippen LogP contribution is -2.48. The fourth-order valence-corrected chi connectivity index (χ4v) is 3.25. The van der Waals surface area contributed by atoms with Crippen molar-refractivity contribution in [2.75, 3.05) is 13.6 Å². The van der Waals surface area contributed by atoms with E-state index < -0.39 is 6.04 Å². The SMILES string of the molecule is CCC1CN(C2CCCC2)C(=N)C(C=N)N(C)C1=O. The number of amides is 1. The maximum atomic E-state index is 12.4. The van der Waals surface area contributed by atoms with Crippen LogP contribution in [0, 0.1) is 16.7 Å². The molecular weight excluding hydrogens is 240 g/mol. The van der Waals surface area contributed by atoms with E-state index >= 15 is 0 Å². The second-order valence-corrected chi connectivity index (χ2v) is 5.64. The summed E-state index contributed by atoms with van der Waals surface area (Å²) in [6, 6.07) is -0.104. The van der Waals surface area contributed by atoms with Crippen LogP contribution in [0.1, 0.15) is 39.0 Å². The zero-order chi connectivity index (χ0) is 14.0. The molecule has 0 aromatic rings. The van der Waals surface area contributed by atoms with Crippen LogP contribution in [-0.2, 0) is 4.79 Å². The highest BCUT2D eigenvalue weighted by Crippen LogP contribution is 2.28. The highest BCUT2D eigenvalue weighted by molar-refractivity contribution is 6.03. The molecule has 1 aliphatic carbocycles. The average Bonchev–Trinajstić information content (AvgIpc) is 2.90. The normalized spacial score (nSPS) is 29.8. The summed E-state index contributed by atoms with van der Waals surface area (Å²) in [5, 5.41) is 15.9. The lowest BCUT2D eigenvalue weighted by molar-refractivity contribution is -0.133. The molecule has 1 aliphatic heterocycles. The Kier molecular flexibility index (Phi) is 4.22. The van der Waals surface area contributed by atoms with Gasteiger partial charge < -0.3 is 15.2 Å². The molecular formula is C14H24N4O. The predicted molar refractivity (Wildman–Crippen MR) is 75.8 cm³/mol. The average molecular weight is 264 g/mol. The van der Waals surface area contributed by atoms with Gasteiger partial charge in [-0.1, -0.05) is 19.8 Å². The second-order valence-electron chi connectivity index (χ2n) is 5.64. The minimum atomic E-state index is -0.496. The van der Waals surface area contributed by atoms with Gasteiger partial charge in [0.2, 0.25) is 5.91 Å². The van der Waals surface area contributed by atoms with Crippen molar-refractivity contribution in [1.29, 1.82) is 10.8 Å². The maximum Gasteiger partial charge on any atom is 0.228 e. The molecule has 2 N–H and O–H groups in total. The third-order valence-electron chi connectivity index (χ3n) is 4.54. The van der Waals surface area contributed by atoms with Crippen molar-refractivity contribution >= 4 is 18.0 Å². The summed E-state index contributed by atoms with van der Waals surface area (Å²) in [5.74, 6) is 0.450. The Bertz CT molecular complexity index is 376. The third kappa shape index (κ3) is 2.51. The quantitative estimate of drug-likeness (QED) is 0.762. The van der Waals surface area contributed by atoms with Gasteiger partial charge in [-0.2, -0.15) is 0 Å². The van der Waals surface area contributed by atoms with Gasteiger partial charge in [0.25, 0.3) is 0 Å². The highest BCUT2D eigenvalue weighted by Gasteiger charge is 2.38. The second kappa shape index (κ2) is 5.72. The summed E-state index contributed by atoms with van der Waals surface area (Å²) in [6.07, 6.45) is 6.67. The Hall–Kier alpha value is -1.39. The number of rotatable bonds is 3. The minimum absolute atomic E-state index is 0.0455. The molecule has 0 aromatic heterocycles. The van der Waals surface area contributed by atoms with Gasteiger partial charge in [-0.05, 0) is 19.3 Å². The molecule has 1 saturated heterocycles. The Morgan fingerprint density at radius 1 is 1.37 bits per heavy atom. The first kappa shape index (κ1) is 14.0. The van der Waals surface area contributed by atoms with E-state index in [4.69, 9.17) is 10.8 Å². The third-order valence-corrected chi connectivity index (χ3v) is 4.54. The highest BCUT2D eigenvalue weighted by atomic mass is 16.2. The van der Waals surface area contributed by atoms with Crippen LogP contribution < -0.4 is 0 Å². The van der Waals surface area contributed by atoms with Crippen molar-refractivity contribution in [1.82, 2.24) is 9.80 Å². The van der Waals surface area contributed by atoms with Gasteiger partial charge in [-0.15, -0.1) is 0 Å². The van der Waals surface area contributed by atoms with E-state index in [1.165, 1.54) is 19.1 Å². The Balaban J connectivity index is 2.28. The number of hydrogen-bond donors (Lipinski definition) is 2. The van der Waals surface area contributed by atoms with E-state index in [9.17, 15) is 4.79 Å². The molecule has 5 nitrogen and oxygen atoms in total. The smallest absolute Gasteiger partial charge is 0.228 e. The van der Waals surface area contributed by atoms with Gasteiger partial charge in [0.1, 0.15) is 11.9 Å². The number of carbonyl (C=O) groups excluding carboxylic acids is 1. The fourth-order valence-electron chi connectivity index (χ4n) is 3.25. The molecule has 2 rings (SSSR count). The Morgan fingerprint density at radius 3 is 2.53 bits per heavy atom. The standard InChI is InChI=1S/C14H24N4O/c1-3-10-9-18(11-6-4-5-7-11)13(16)12(8-15)17(2)14(10)19/h8,10-12,15-16H,3-7,9H2,1-2H3. The Labute approximate surface area is 115 Å². The lowest BCUT2D eigenvalue weighted by Gasteiger charge is -2.33. The van der Waals surface area contributed by atoms with E-state index in [-0.39, 0.29) is 11.8 Å². The van der Waals surface area contributed by atoms with Crippen LogP contribution in [0.2, 0.25) is 0 Å². The van der Waals surface area contributed by atoms with Crippen LogP contribution >= 0.6 is 0 Å². The lowest BCUT2D eigenvalue weighted by atomic mass is 10.0. The van der Waals surface area contributed by atoms with Crippen LogP contribution in [0.25, 0.3) is 0 Å². The van der Waals surface area contributed by atoms with E-state index in [1.807, 2.05) is 6.92 Å². The Morgan fingerprint density at radius 2 is 2.00 bits per heavy atom. The number of carbonyl (C=O) groups is 1. The predicted octanol–water partition coefficient (Wildman–Crippen LogP) is 1.72. The van der Waals surface area contributed by atoms with Crippen molar-refractivity contribution in [3.8, 4) is 0 Å². The van der Waals surface area contributed by atoms with Gasteiger partial charge in [0, 0.05) is 25.8 Å². The first-order valence-corrected chi connectivity index (χ1v) is 7.22. The molecule has 5 heteroatoms. The minimum Gasteiger partial charge on any atom is -0.355 e. The molecule has 0 radical (unpaired) electrons. The molecule has 1 saturated carbocycles. The fraction of sp³-hybridized carbons (Fsp3) is 0.786. The van der Waals surface area contributed by atoms with Gasteiger partial charge in [-0.25, -0.2) is 0 Å². The van der Waals surface area contributed by atoms with Gasteiger partial charge in [-0.3, -0.25) is 10.2 Å². The molecule has 1 heterocycles. The van der Waals surface area contributed by atoms with Crippen molar-refractivity contribution in [3.05, 3.63) is 0 Å². The summed E-state index contributed by atoms with van der Waals surface area (Å²) in [6.45, 7) is 2.67. The van der Waals surface area contributed by atoms with Gasteiger partial charge in [0.05, 0.1) is 5.92 Å². The first-order chi connectivity index (χ1) is 9.10. The summed E-state index contributed by atoms with van der Waals surface area (Å²) in [7, 11) is 1.72. The van der Waals surface area contributed by atoms with E-state index in [0.29, 0.717) is 18.4 Å². The number of nitrogens with one attached hydrogen (secondary N) is 2. The topological polar surface area (TPSA) is 71.2 Å². The van der Waals surface area contributed by atoms with E-state index in [0.717, 1.165) is 19.3 Å². The molecule has 0 spiro atoms. The number of amidine groups is 1. The number of nitrogens with zero attached hydrogens (tertiary/aromatic N) is 2. The molecule has 0 bridgehead atoms. The zero-order valence-corrected chi connectivity index (χ0v) is 11.9. The van der Waals surface area contributed by atoms with Crippen LogP contribution in [0.5, 0.6) is 0 Å². The van der Waals surface area contributed by atoms with Crippen molar-refractivity contribution in [2.45, 2.75) is 51.1 Å². The number of likely N-dealkylation sites (N-methyl/N-ethyl adjacent to an activating group) is 1. The van der Waals surface area contributed by atoms with Crippen molar-refractivity contribution < 1.29 is 4.79 Å². The van der Waals surface area contributed by atoms with Crippen molar-refractivity contribution in [3.63, 3.8) is 0 Å². The molecule has 106 valence electrons. The summed E-state index contributed by atoms with van der Waals surface area (Å²) in [4.78, 5) is 16.0. The largest absolute Gasteiger partial charge is 0.355 e. The van der Waals surface area contributed by atoms with Crippen LogP contribution in [0.15, 0.2) is 0 Å². The molecule has 2 atom stereocenters. The molecule has 2 fully saturated rings. The molecule has 0 aromatic carbocycles. The first-order valence-electron chi connectivity index (χ1n) is 7.22. The summed E-state index contributed by atoms with van der Waals surface area (Å²) < 4.78 is 0. The van der Waals surface area contributed by atoms with Crippen molar-refractivity contribution in [2.24, 2.45) is 5.92 Å². The van der Waals surface area contributed by atoms with E-state index in [1.54, 1.807) is 11.9 Å². The summed E-state index contributed by atoms with van der Waals surface area (Å²) in [5.41, 5.74) is 0. The van der Waals surface area contributed by atoms with Gasteiger partial charge >= 0.3 is 0 Å². The summed E-state index contributed by atoms with van der Waals surface area (Å²) >= 11 is 0. The van der Waals surface area contributed by atoms with E-state index in [2.05, 4.69) is 4.90 Å². The zero-order valence-electron chi connectivity index (χ0n) is 11.9.